The molecular formula is C17H23N3O. The van der Waals surface area contributed by atoms with Crippen LogP contribution in [-0.4, -0.2) is 16.4 Å². The summed E-state index contributed by atoms with van der Waals surface area (Å²) < 4.78 is 7.44. The normalized spacial score (nSPS) is 13.9. The number of aryl methyl sites for hydroxylation is 1. The maximum Gasteiger partial charge on any atom is 0.122 e. The van der Waals surface area contributed by atoms with E-state index in [1.54, 1.807) is 0 Å². The van der Waals surface area contributed by atoms with Crippen LogP contribution < -0.4 is 10.1 Å². The van der Waals surface area contributed by atoms with Gasteiger partial charge in [0.1, 0.15) is 5.75 Å². The van der Waals surface area contributed by atoms with Crippen LogP contribution in [0, 0.1) is 0 Å². The fourth-order valence-electron chi connectivity index (χ4n) is 2.79. The van der Waals surface area contributed by atoms with Crippen molar-refractivity contribution in [3.05, 3.63) is 41.2 Å². The first kappa shape index (κ1) is 14.0. The van der Waals surface area contributed by atoms with Crippen LogP contribution in [0.25, 0.3) is 0 Å². The Labute approximate surface area is 126 Å². The summed E-state index contributed by atoms with van der Waals surface area (Å²) >= 11 is 0. The molecule has 1 aliphatic rings. The number of hydrogen-bond acceptors (Lipinski definition) is 3. The van der Waals surface area contributed by atoms with Gasteiger partial charge in [0.2, 0.25) is 0 Å². The van der Waals surface area contributed by atoms with Crippen LogP contribution in [-0.2, 0) is 25.4 Å². The molecule has 21 heavy (non-hydrogen) atoms. The van der Waals surface area contributed by atoms with E-state index in [-0.39, 0.29) is 5.41 Å². The number of aromatic nitrogens is 2. The molecule has 3 rings (SSSR count). The molecule has 1 aliphatic heterocycles. The van der Waals surface area contributed by atoms with Gasteiger partial charge in [-0.1, -0.05) is 20.8 Å². The first-order valence-corrected chi connectivity index (χ1v) is 7.46. The number of benzene rings is 1. The molecule has 0 aliphatic carbocycles. The summed E-state index contributed by atoms with van der Waals surface area (Å²) in [5.41, 5.74) is 4.90. The second kappa shape index (κ2) is 5.10. The lowest BCUT2D eigenvalue weighted by Gasteiger charge is -2.18. The zero-order valence-corrected chi connectivity index (χ0v) is 13.2. The number of hydrogen-bond donors (Lipinski definition) is 1. The molecular weight excluding hydrogens is 262 g/mol. The second-order valence-corrected chi connectivity index (χ2v) is 6.70. The fraction of sp³-hybridized carbons (Fsp3) is 0.471. The Bertz CT molecular complexity index is 653. The van der Waals surface area contributed by atoms with Crippen LogP contribution in [0.3, 0.4) is 0 Å². The number of ether oxygens (including phenoxy) is 1. The van der Waals surface area contributed by atoms with Gasteiger partial charge in [0.25, 0.3) is 0 Å². The number of fused-ring (bicyclic) bond motifs is 1. The van der Waals surface area contributed by atoms with Gasteiger partial charge in [-0.2, -0.15) is 5.10 Å². The molecule has 0 unspecified atom stereocenters. The highest BCUT2D eigenvalue weighted by Crippen LogP contribution is 2.29. The zero-order chi connectivity index (χ0) is 15.0. The second-order valence-electron chi connectivity index (χ2n) is 6.70. The first-order chi connectivity index (χ1) is 9.93. The van der Waals surface area contributed by atoms with Crippen molar-refractivity contribution >= 4 is 5.69 Å². The minimum Gasteiger partial charge on any atom is -0.493 e. The smallest absolute Gasteiger partial charge is 0.122 e. The number of nitrogens with zero attached hydrogens (tertiary/aromatic N) is 2. The molecule has 0 bridgehead atoms. The molecule has 1 aromatic carbocycles. The van der Waals surface area contributed by atoms with E-state index in [9.17, 15) is 0 Å². The molecule has 4 heteroatoms. The monoisotopic (exact) mass is 285 g/mol. The minimum atomic E-state index is 0.0596. The van der Waals surface area contributed by atoms with E-state index in [4.69, 9.17) is 4.74 Å². The molecule has 0 radical (unpaired) electrons. The van der Waals surface area contributed by atoms with Crippen molar-refractivity contribution in [2.24, 2.45) is 7.05 Å². The number of rotatable bonds is 3. The van der Waals surface area contributed by atoms with Crippen LogP contribution >= 0.6 is 0 Å². The van der Waals surface area contributed by atoms with Crippen molar-refractivity contribution in [2.75, 3.05) is 11.9 Å². The van der Waals surface area contributed by atoms with E-state index >= 15 is 0 Å². The number of anilines is 1. The Morgan fingerprint density at radius 2 is 2.14 bits per heavy atom. The third-order valence-corrected chi connectivity index (χ3v) is 3.79. The molecule has 0 fully saturated rings. The average Bonchev–Trinajstić information content (AvgIpc) is 3.01. The van der Waals surface area contributed by atoms with Crippen molar-refractivity contribution in [3.8, 4) is 5.75 Å². The van der Waals surface area contributed by atoms with Crippen LogP contribution in [0.15, 0.2) is 24.4 Å². The van der Waals surface area contributed by atoms with Gasteiger partial charge in [-0.15, -0.1) is 0 Å². The predicted molar refractivity (Wildman–Crippen MR) is 84.9 cm³/mol. The first-order valence-electron chi connectivity index (χ1n) is 7.46. The van der Waals surface area contributed by atoms with Crippen LogP contribution in [0.4, 0.5) is 5.69 Å². The molecule has 2 aromatic rings. The molecule has 0 amide bonds. The lowest BCUT2D eigenvalue weighted by Crippen LogP contribution is -2.16. The zero-order valence-electron chi connectivity index (χ0n) is 13.2. The van der Waals surface area contributed by atoms with Gasteiger partial charge >= 0.3 is 0 Å². The van der Waals surface area contributed by atoms with Gasteiger partial charge in [0.15, 0.2) is 0 Å². The number of nitrogens with one attached hydrogen (secondary N) is 1. The molecule has 2 heterocycles. The standard InChI is InChI=1S/C17H23N3O/c1-17(2,3)16-13(11-20(4)19-16)10-18-14-5-6-15-12(9-14)7-8-21-15/h5-6,9,11,18H,7-8,10H2,1-4H3. The average molecular weight is 285 g/mol. The van der Waals surface area contributed by atoms with E-state index in [0.717, 1.165) is 36.7 Å². The summed E-state index contributed by atoms with van der Waals surface area (Å²) in [6.45, 7) is 8.19. The summed E-state index contributed by atoms with van der Waals surface area (Å²) in [7, 11) is 1.98. The van der Waals surface area contributed by atoms with E-state index in [1.807, 2.05) is 11.7 Å². The van der Waals surface area contributed by atoms with Crippen molar-refractivity contribution in [1.29, 1.82) is 0 Å². The molecule has 4 nitrogen and oxygen atoms in total. The maximum absolute atomic E-state index is 5.54. The Kier molecular flexibility index (Phi) is 3.40. The predicted octanol–water partition coefficient (Wildman–Crippen LogP) is 3.26. The molecule has 1 N–H and O–H groups in total. The lowest BCUT2D eigenvalue weighted by molar-refractivity contribution is 0.357. The Hall–Kier alpha value is -1.97. The third kappa shape index (κ3) is 2.89. The molecule has 0 saturated heterocycles. The van der Waals surface area contributed by atoms with Gasteiger partial charge in [0, 0.05) is 42.9 Å². The molecule has 0 atom stereocenters. The van der Waals surface area contributed by atoms with Crippen LogP contribution in [0.5, 0.6) is 5.75 Å². The highest BCUT2D eigenvalue weighted by atomic mass is 16.5. The Morgan fingerprint density at radius 3 is 2.90 bits per heavy atom. The van der Waals surface area contributed by atoms with Crippen molar-refractivity contribution < 1.29 is 4.74 Å². The summed E-state index contributed by atoms with van der Waals surface area (Å²) in [6, 6.07) is 6.32. The molecule has 0 spiro atoms. The fourth-order valence-corrected chi connectivity index (χ4v) is 2.79. The van der Waals surface area contributed by atoms with Gasteiger partial charge in [-0.05, 0) is 23.8 Å². The minimum absolute atomic E-state index is 0.0596. The van der Waals surface area contributed by atoms with E-state index < -0.39 is 0 Å². The van der Waals surface area contributed by atoms with Gasteiger partial charge in [-0.3, -0.25) is 4.68 Å². The van der Waals surface area contributed by atoms with Crippen LogP contribution in [0.1, 0.15) is 37.6 Å². The van der Waals surface area contributed by atoms with Crippen molar-refractivity contribution in [3.63, 3.8) is 0 Å². The summed E-state index contributed by atoms with van der Waals surface area (Å²) in [5.74, 6) is 1.03. The Morgan fingerprint density at radius 1 is 1.33 bits per heavy atom. The Balaban J connectivity index is 1.76. The summed E-state index contributed by atoms with van der Waals surface area (Å²) in [5, 5.41) is 8.12. The van der Waals surface area contributed by atoms with E-state index in [0.29, 0.717) is 0 Å². The highest BCUT2D eigenvalue weighted by Gasteiger charge is 2.21. The summed E-state index contributed by atoms with van der Waals surface area (Å²) in [6.07, 6.45) is 3.11. The molecule has 0 saturated carbocycles. The quantitative estimate of drug-likeness (QED) is 0.940. The maximum atomic E-state index is 5.54. The molecule has 112 valence electrons. The molecule has 1 aromatic heterocycles. The van der Waals surface area contributed by atoms with Crippen molar-refractivity contribution in [2.45, 2.75) is 39.2 Å². The van der Waals surface area contributed by atoms with E-state index in [2.05, 4.69) is 55.6 Å². The van der Waals surface area contributed by atoms with Crippen LogP contribution in [0.2, 0.25) is 0 Å². The van der Waals surface area contributed by atoms with E-state index in [1.165, 1.54) is 11.1 Å². The van der Waals surface area contributed by atoms with Gasteiger partial charge in [0.05, 0.1) is 12.3 Å². The van der Waals surface area contributed by atoms with Gasteiger partial charge in [-0.25, -0.2) is 0 Å². The summed E-state index contributed by atoms with van der Waals surface area (Å²) in [4.78, 5) is 0. The van der Waals surface area contributed by atoms with Gasteiger partial charge < -0.3 is 10.1 Å². The largest absolute Gasteiger partial charge is 0.493 e. The van der Waals surface area contributed by atoms with Crippen molar-refractivity contribution in [1.82, 2.24) is 9.78 Å². The third-order valence-electron chi connectivity index (χ3n) is 3.79. The lowest BCUT2D eigenvalue weighted by atomic mass is 9.89. The topological polar surface area (TPSA) is 39.1 Å². The highest BCUT2D eigenvalue weighted by molar-refractivity contribution is 5.52. The SMILES string of the molecule is Cn1cc(CNc2ccc3c(c2)CCO3)c(C(C)(C)C)n1.